The van der Waals surface area contributed by atoms with Crippen LogP contribution < -0.4 is 32.6 Å². The van der Waals surface area contributed by atoms with E-state index in [0.29, 0.717) is 19.3 Å². The van der Waals surface area contributed by atoms with Crippen LogP contribution in [0.2, 0.25) is 0 Å². The molecule has 9 heterocycles. The molecule has 0 aliphatic carbocycles. The molecule has 39 heteroatoms. The summed E-state index contributed by atoms with van der Waals surface area (Å²) >= 11 is 0. The maximum absolute atomic E-state index is 12.7. The van der Waals surface area contributed by atoms with E-state index in [0.717, 1.165) is 0 Å². The minimum absolute atomic E-state index is 0.00505. The first-order chi connectivity index (χ1) is 49.4. The topological polar surface area (TPSA) is 518 Å². The van der Waals surface area contributed by atoms with Crippen LogP contribution in [-0.2, 0) is 51.9 Å². The van der Waals surface area contributed by atoms with Crippen molar-refractivity contribution in [2.45, 2.75) is 148 Å². The van der Waals surface area contributed by atoms with Crippen molar-refractivity contribution >= 4 is 77.4 Å². The zero-order chi connectivity index (χ0) is 76.0. The first kappa shape index (κ1) is 75.9. The summed E-state index contributed by atoms with van der Waals surface area (Å²) in [5.74, 6) is -1.87. The molecule has 0 radical (unpaired) electrons. The maximum atomic E-state index is 12.7. The Hall–Kier alpha value is -7.26. The number of aromatic nitrogens is 12. The molecule has 9 rings (SSSR count). The summed E-state index contributed by atoms with van der Waals surface area (Å²) in [6.45, 7) is 19.5. The molecule has 0 aromatic carbocycles. The third-order valence-electron chi connectivity index (χ3n) is 15.1. The number of aromatic amines is 3. The molecule has 14 N–H and O–H groups in total. The fourth-order valence-corrected chi connectivity index (χ4v) is 10.9. The molecule has 3 aliphatic heterocycles. The molecule has 3 aliphatic rings. The summed E-state index contributed by atoms with van der Waals surface area (Å²) < 4.78 is 78.4. The Kier molecular flexibility index (Phi) is 31.3. The van der Waals surface area contributed by atoms with Gasteiger partial charge in [0.15, 0.2) is 41.9 Å². The molecule has 3 amide bonds. The number of hydrogen-bond donors (Lipinski definition) is 14. The number of aliphatic hydroxyl groups excluding tert-OH is 8. The number of H-pyrrole nitrogens is 3. The van der Waals surface area contributed by atoms with Crippen LogP contribution in [0, 0.1) is 24.3 Å². The lowest BCUT2D eigenvalue weighted by Crippen LogP contribution is -2.53. The molecule has 99 heavy (non-hydrogen) atoms. The smallest absolute Gasteiger partial charge is 0.280 e. The second-order valence-corrected chi connectivity index (χ2v) is 24.4. The standard InChI is InChI=1S/C22H33N6O7P.C18H27N5O7.C18H27N5O6.2CH4O/c1-13(2)20(30)26-22-25-19-16(21(31)27-22)24-12-28(19)15-11-33-14(3)17(18(15)32-9-6-8-29)35-36(5)34-10-7-23-4;1-9(2)16(27)21-18-20-15-12(17(28)22-18)19-8-23(15)10-7-30-11(6-25)13(26)14(10)29-5-3-4-24;1-9(2)16(26)21-18-20-15-12(17(27)22-18)19-8-23(15)11-7-29-10(3)13(25)14(11)28-6-4-5-24;2*1-2/h12-15,17-18,29H,6-11H2,1-3,5H3,(H2,25,26,27,30,31);8-11,13-14,24-26H,3-7H2,1-2H3,(H2,20,21,22,27,28);8-11,13-14,24-25H,4-7H2,1-3H3,(H2,20,21,22,26,27);2*2H,1H3/t14-,15-,17-,18+,36?;2*10-,11-,13-,14+;;/m111../s1/i3D;;3D;2*2T. The van der Waals surface area contributed by atoms with E-state index in [4.69, 9.17) is 59.9 Å². The summed E-state index contributed by atoms with van der Waals surface area (Å²) in [6, 6.07) is -1.73. The molecule has 0 spiro atoms. The number of aliphatic hydroxyl groups is 8. The van der Waals surface area contributed by atoms with Crippen LogP contribution >= 0.6 is 8.38 Å². The lowest BCUT2D eigenvalue weighted by atomic mass is 9.98. The van der Waals surface area contributed by atoms with Gasteiger partial charge in [-0.2, -0.15) is 15.0 Å². The Balaban J connectivity index is 0.000000269. The summed E-state index contributed by atoms with van der Waals surface area (Å²) in [5, 5.41) is 72.7. The maximum Gasteiger partial charge on any atom is 0.280 e. The van der Waals surface area contributed by atoms with Gasteiger partial charge < -0.3 is 96.9 Å². The van der Waals surface area contributed by atoms with Crippen LogP contribution in [-0.4, -0.2) is 275 Å². The van der Waals surface area contributed by atoms with Crippen LogP contribution in [0.3, 0.4) is 0 Å². The van der Waals surface area contributed by atoms with Crippen molar-refractivity contribution in [3.05, 3.63) is 61.5 Å². The Morgan fingerprint density at radius 3 is 1.35 bits per heavy atom. The lowest BCUT2D eigenvalue weighted by molar-refractivity contribution is -0.186. The van der Waals surface area contributed by atoms with E-state index in [9.17, 15) is 49.2 Å². The van der Waals surface area contributed by atoms with E-state index < -0.39 is 98.1 Å². The molecule has 0 saturated carbocycles. The predicted octanol–water partition coefficient (Wildman–Crippen LogP) is -0.502. The Labute approximate surface area is 575 Å². The van der Waals surface area contributed by atoms with Gasteiger partial charge in [0.1, 0.15) is 49.3 Å². The van der Waals surface area contributed by atoms with Crippen LogP contribution in [0.5, 0.6) is 0 Å². The Morgan fingerprint density at radius 2 is 0.990 bits per heavy atom. The number of amides is 3. The van der Waals surface area contributed by atoms with Gasteiger partial charge >= 0.3 is 0 Å². The first-order valence-electron chi connectivity index (χ1n) is 33.9. The summed E-state index contributed by atoms with van der Waals surface area (Å²) in [5.41, 5.74) is -0.721. The summed E-state index contributed by atoms with van der Waals surface area (Å²) in [4.78, 5) is 110. The molecule has 6 aromatic heterocycles. The van der Waals surface area contributed by atoms with Crippen LogP contribution in [0.25, 0.3) is 38.3 Å². The number of ether oxygens (including phenoxy) is 6. The summed E-state index contributed by atoms with van der Waals surface area (Å²) in [6.07, 6.45) is -1.91. The van der Waals surface area contributed by atoms with Gasteiger partial charge in [-0.05, 0) is 33.1 Å². The van der Waals surface area contributed by atoms with Gasteiger partial charge in [-0.15, -0.1) is 0 Å². The highest BCUT2D eigenvalue weighted by atomic mass is 31.2. The minimum Gasteiger partial charge on any atom is -0.400 e. The van der Waals surface area contributed by atoms with E-state index >= 15 is 0 Å². The zero-order valence-corrected chi connectivity index (χ0v) is 57.4. The monoisotopic (exact) mass is 1430 g/mol. The van der Waals surface area contributed by atoms with Crippen molar-refractivity contribution in [1.82, 2.24) is 58.6 Å². The molecule has 3 saturated heterocycles. The van der Waals surface area contributed by atoms with Crippen LogP contribution in [0.1, 0.15) is 95.5 Å². The zero-order valence-electron chi connectivity index (χ0n) is 60.5. The second kappa shape index (κ2) is 40.9. The van der Waals surface area contributed by atoms with Gasteiger partial charge in [0.25, 0.3) is 16.7 Å². The van der Waals surface area contributed by atoms with Crippen molar-refractivity contribution in [3.8, 4) is 0 Å². The fraction of sp³-hybridized carbons (Fsp3) is 0.683. The highest BCUT2D eigenvalue weighted by Gasteiger charge is 2.45. The third kappa shape index (κ3) is 21.9. The first-order valence-corrected chi connectivity index (χ1v) is 33.3. The number of hydrogen-bond acceptors (Lipinski definition) is 28. The molecule has 38 nitrogen and oxygen atoms in total. The van der Waals surface area contributed by atoms with Crippen molar-refractivity contribution in [3.63, 3.8) is 0 Å². The van der Waals surface area contributed by atoms with Crippen molar-refractivity contribution in [2.75, 3.05) is 116 Å². The normalized spacial score (nSPS) is 23.7. The van der Waals surface area contributed by atoms with E-state index in [1.165, 1.54) is 33.2 Å². The molecular weight excluding hydrogens is 1330 g/mol. The third-order valence-corrected chi connectivity index (χ3v) is 16.2. The minimum atomic E-state index is -1.41. The average molecular weight is 1430 g/mol. The Morgan fingerprint density at radius 1 is 0.626 bits per heavy atom. The molecule has 13 atom stereocenters. The molecule has 0 bridgehead atoms. The van der Waals surface area contributed by atoms with Crippen molar-refractivity contribution in [2.24, 2.45) is 17.8 Å². The number of carbonyl (C=O) groups excluding carboxylic acids is 3. The van der Waals surface area contributed by atoms with E-state index in [-0.39, 0.29) is 180 Å². The van der Waals surface area contributed by atoms with Gasteiger partial charge in [-0.25, -0.2) is 21.5 Å². The van der Waals surface area contributed by atoms with E-state index in [2.05, 4.69) is 75.9 Å². The highest BCUT2D eigenvalue weighted by molar-refractivity contribution is 7.46. The van der Waals surface area contributed by atoms with Gasteiger partial charge in [0, 0.05) is 81.0 Å². The molecule has 6 aromatic rings. The fourth-order valence-electron chi connectivity index (χ4n) is 9.92. The molecular formula is C60H95N16O22P. The number of fused-ring (bicyclic) bond motifs is 3. The number of imidazole rings is 3. The van der Waals surface area contributed by atoms with Gasteiger partial charge in [-0.3, -0.25) is 59.7 Å². The number of rotatable bonds is 27. The largest absolute Gasteiger partial charge is 0.400 e. The van der Waals surface area contributed by atoms with Gasteiger partial charge in [0.2, 0.25) is 45.0 Å². The van der Waals surface area contributed by atoms with Crippen molar-refractivity contribution in [1.29, 1.82) is 2.86 Å². The van der Waals surface area contributed by atoms with Crippen LogP contribution in [0.4, 0.5) is 17.8 Å². The quantitative estimate of drug-likeness (QED) is 0.0176. The molecule has 552 valence electrons. The molecule has 3 fully saturated rings. The number of nitrogens with one attached hydrogen (secondary N) is 6. The predicted molar refractivity (Wildman–Crippen MR) is 357 cm³/mol. The lowest BCUT2D eigenvalue weighted by Gasteiger charge is -2.42. The SMILES string of the molecule is CC(C)C(=O)Nc1nc2c(ncn2[C@@H]2CO[C@H](CO)[C@@H](O)[C@H]2OCCCO)c(=O)[nH]1.[2H]C[C@H]1OC[C@@H](n2cnc3c(=O)[nH]c(NC(=O)C(C)C)nc32)[C@H](OCCCO)[C@@H]1O.[2H]C[C@H]1OC[C@@H](n2cnc3c(=O)[nH]c(NC(=O)C(C)C)nc32)[C@H](OCCCO)[C@@H]1OP(C)OCC[N+]#[C-].[3H]OC.[3H]OC. The van der Waals surface area contributed by atoms with Gasteiger partial charge in [-0.1, -0.05) is 41.5 Å². The number of carbonyl (C=O) groups is 3. The van der Waals surface area contributed by atoms with Crippen molar-refractivity contribution < 1.29 is 95.5 Å². The Bertz CT molecular complexity index is 3650. The molecule has 1 unspecified atom stereocenters. The van der Waals surface area contributed by atoms with E-state index in [1.54, 1.807) is 61.9 Å². The second-order valence-electron chi connectivity index (χ2n) is 23.1. The summed E-state index contributed by atoms with van der Waals surface area (Å²) in [7, 11) is 1.17. The highest BCUT2D eigenvalue weighted by Crippen LogP contribution is 2.42. The average Bonchev–Trinajstić information content (AvgIpc) is 1.68. The number of nitrogens with zero attached hydrogens (tertiary/aromatic N) is 10. The number of anilines is 3. The van der Waals surface area contributed by atoms with Crippen LogP contribution in [0.15, 0.2) is 33.4 Å². The van der Waals surface area contributed by atoms with Gasteiger partial charge in [0.05, 0.1) is 75.7 Å². The van der Waals surface area contributed by atoms with E-state index in [1.807, 2.05) is 0 Å².